The van der Waals surface area contributed by atoms with Gasteiger partial charge >= 0.3 is 0 Å². The van der Waals surface area contributed by atoms with Crippen LogP contribution in [-0.2, 0) is 4.79 Å². The van der Waals surface area contributed by atoms with Crippen molar-refractivity contribution in [1.82, 2.24) is 20.4 Å². The number of allylic oxidation sites excluding steroid dienone is 1. The van der Waals surface area contributed by atoms with E-state index in [0.717, 1.165) is 48.3 Å². The number of rotatable bonds is 5. The summed E-state index contributed by atoms with van der Waals surface area (Å²) in [6, 6.07) is 3.64. The number of aryl methyl sites for hydroxylation is 2. The Morgan fingerprint density at radius 2 is 1.56 bits per heavy atom. The molecule has 2 aromatic rings. The Bertz CT molecular complexity index is 900. The van der Waals surface area contributed by atoms with Crippen molar-refractivity contribution >= 4 is 24.1 Å². The Balaban J connectivity index is 0.00000289. The SMILES string of the molecule is Cc1n[nH]c(C)c1-c1ccc(NC(=O)C(N)=C(C2CCCCC2)C2CCCCC2)nn1.Cl. The molecule has 2 aliphatic rings. The molecule has 0 aromatic carbocycles. The van der Waals surface area contributed by atoms with Gasteiger partial charge in [-0.05, 0) is 69.1 Å². The van der Waals surface area contributed by atoms with Gasteiger partial charge in [-0.1, -0.05) is 38.5 Å². The summed E-state index contributed by atoms with van der Waals surface area (Å²) in [4.78, 5) is 13.1. The maximum atomic E-state index is 13.1. The lowest BCUT2D eigenvalue weighted by molar-refractivity contribution is -0.113. The third-order valence-electron chi connectivity index (χ3n) is 6.94. The van der Waals surface area contributed by atoms with Gasteiger partial charge in [-0.2, -0.15) is 5.10 Å². The summed E-state index contributed by atoms with van der Waals surface area (Å²) in [6.07, 6.45) is 12.1. The number of hydrogen-bond acceptors (Lipinski definition) is 5. The van der Waals surface area contributed by atoms with Crippen molar-refractivity contribution in [3.63, 3.8) is 0 Å². The summed E-state index contributed by atoms with van der Waals surface area (Å²) in [5, 5.41) is 18.6. The van der Waals surface area contributed by atoms with Gasteiger partial charge in [0, 0.05) is 11.3 Å². The van der Waals surface area contributed by atoms with Crippen LogP contribution in [0.15, 0.2) is 23.4 Å². The second kappa shape index (κ2) is 10.9. The summed E-state index contributed by atoms with van der Waals surface area (Å²) >= 11 is 0. The normalized spacial score (nSPS) is 17.4. The van der Waals surface area contributed by atoms with Crippen LogP contribution in [0.4, 0.5) is 5.82 Å². The number of H-pyrrole nitrogens is 1. The molecule has 4 rings (SSSR count). The second-order valence-electron chi connectivity index (χ2n) is 9.11. The van der Waals surface area contributed by atoms with Crippen LogP contribution in [0.3, 0.4) is 0 Å². The Morgan fingerprint density at radius 1 is 0.969 bits per heavy atom. The van der Waals surface area contributed by atoms with E-state index in [9.17, 15) is 4.79 Å². The zero-order valence-electron chi connectivity index (χ0n) is 19.1. The second-order valence-corrected chi connectivity index (χ2v) is 9.11. The van der Waals surface area contributed by atoms with Crippen LogP contribution in [0, 0.1) is 25.7 Å². The monoisotopic (exact) mass is 458 g/mol. The Morgan fingerprint density at radius 3 is 2.03 bits per heavy atom. The summed E-state index contributed by atoms with van der Waals surface area (Å²) in [5.74, 6) is 1.07. The van der Waals surface area contributed by atoms with E-state index in [0.29, 0.717) is 23.4 Å². The number of carbonyl (C=O) groups excluding carboxylic acids is 1. The molecule has 4 N–H and O–H groups in total. The van der Waals surface area contributed by atoms with E-state index in [-0.39, 0.29) is 18.3 Å². The first kappa shape index (κ1) is 24.2. The van der Waals surface area contributed by atoms with Gasteiger partial charge in [-0.25, -0.2) is 0 Å². The highest BCUT2D eigenvalue weighted by Crippen LogP contribution is 2.40. The lowest BCUT2D eigenvalue weighted by Gasteiger charge is -2.33. The average molecular weight is 459 g/mol. The van der Waals surface area contributed by atoms with Crippen molar-refractivity contribution in [2.75, 3.05) is 5.32 Å². The minimum atomic E-state index is -0.246. The highest BCUT2D eigenvalue weighted by atomic mass is 35.5. The van der Waals surface area contributed by atoms with Gasteiger partial charge in [0.05, 0.1) is 17.1 Å². The summed E-state index contributed by atoms with van der Waals surface area (Å²) < 4.78 is 0. The summed E-state index contributed by atoms with van der Waals surface area (Å²) in [6.45, 7) is 3.88. The first-order valence-electron chi connectivity index (χ1n) is 11.7. The van der Waals surface area contributed by atoms with Gasteiger partial charge in [0.1, 0.15) is 0 Å². The van der Waals surface area contributed by atoms with Crippen molar-refractivity contribution in [1.29, 1.82) is 0 Å². The quantitative estimate of drug-likeness (QED) is 0.532. The number of carbonyl (C=O) groups is 1. The zero-order chi connectivity index (χ0) is 21.8. The van der Waals surface area contributed by atoms with E-state index in [1.54, 1.807) is 6.07 Å². The predicted octanol–water partition coefficient (Wildman–Crippen LogP) is 5.22. The summed E-state index contributed by atoms with van der Waals surface area (Å²) in [5.41, 5.74) is 11.6. The fourth-order valence-electron chi connectivity index (χ4n) is 5.38. The number of nitrogens with zero attached hydrogens (tertiary/aromatic N) is 3. The molecule has 0 spiro atoms. The first-order valence-corrected chi connectivity index (χ1v) is 11.7. The molecule has 8 heteroatoms. The van der Waals surface area contributed by atoms with Crippen LogP contribution in [-0.4, -0.2) is 26.3 Å². The Labute approximate surface area is 196 Å². The van der Waals surface area contributed by atoms with Crippen LogP contribution >= 0.6 is 12.4 Å². The fourth-order valence-corrected chi connectivity index (χ4v) is 5.38. The van der Waals surface area contributed by atoms with Crippen LogP contribution < -0.4 is 11.1 Å². The first-order chi connectivity index (χ1) is 15.0. The van der Waals surface area contributed by atoms with Gasteiger partial charge in [-0.15, -0.1) is 22.6 Å². The molecule has 174 valence electrons. The largest absolute Gasteiger partial charge is 0.394 e. The van der Waals surface area contributed by atoms with Crippen LogP contribution in [0.1, 0.15) is 75.6 Å². The van der Waals surface area contributed by atoms with Gasteiger partial charge in [0.2, 0.25) is 0 Å². The maximum absolute atomic E-state index is 13.1. The molecule has 2 aliphatic carbocycles. The molecule has 0 bridgehead atoms. The van der Waals surface area contributed by atoms with E-state index in [4.69, 9.17) is 5.73 Å². The van der Waals surface area contributed by atoms with Gasteiger partial charge < -0.3 is 11.1 Å². The fraction of sp³-hybridized carbons (Fsp3) is 0.583. The molecule has 0 atom stereocenters. The highest BCUT2D eigenvalue weighted by molar-refractivity contribution is 6.03. The van der Waals surface area contributed by atoms with E-state index in [1.807, 2.05) is 19.9 Å². The number of nitrogens with two attached hydrogens (primary N) is 1. The molecule has 32 heavy (non-hydrogen) atoms. The standard InChI is InChI=1S/C24H34N6O.ClH/c1-15-21(16(2)28-27-15)19-13-14-20(30-29-19)26-24(31)23(25)22(17-9-5-3-6-10-17)18-11-7-4-8-12-18;/h13-14,17-18H,3-12,25H2,1-2H3,(H,27,28)(H,26,30,31);1H. The number of nitrogens with one attached hydrogen (secondary N) is 2. The minimum Gasteiger partial charge on any atom is -0.394 e. The number of aromatic amines is 1. The molecule has 2 fully saturated rings. The molecule has 0 radical (unpaired) electrons. The number of aromatic nitrogens is 4. The topological polar surface area (TPSA) is 110 Å². The van der Waals surface area contributed by atoms with Crippen molar-refractivity contribution in [2.45, 2.75) is 78.1 Å². The average Bonchev–Trinajstić information content (AvgIpc) is 3.14. The van der Waals surface area contributed by atoms with Crippen molar-refractivity contribution < 1.29 is 4.79 Å². The third kappa shape index (κ3) is 5.31. The van der Waals surface area contributed by atoms with Crippen LogP contribution in [0.2, 0.25) is 0 Å². The van der Waals surface area contributed by atoms with Gasteiger partial charge in [0.15, 0.2) is 5.82 Å². The summed E-state index contributed by atoms with van der Waals surface area (Å²) in [7, 11) is 0. The highest BCUT2D eigenvalue weighted by Gasteiger charge is 2.30. The number of hydrogen-bond donors (Lipinski definition) is 3. The van der Waals surface area contributed by atoms with E-state index >= 15 is 0 Å². The molecular formula is C24H35ClN6O. The van der Waals surface area contributed by atoms with E-state index in [1.165, 1.54) is 44.1 Å². The number of amides is 1. The molecule has 2 aromatic heterocycles. The maximum Gasteiger partial charge on any atom is 0.272 e. The lowest BCUT2D eigenvalue weighted by Crippen LogP contribution is -2.29. The molecular weight excluding hydrogens is 424 g/mol. The van der Waals surface area contributed by atoms with Gasteiger partial charge in [0.25, 0.3) is 5.91 Å². The van der Waals surface area contributed by atoms with E-state index < -0.39 is 0 Å². The van der Waals surface area contributed by atoms with Crippen LogP contribution in [0.5, 0.6) is 0 Å². The molecule has 0 aliphatic heterocycles. The van der Waals surface area contributed by atoms with E-state index in [2.05, 4.69) is 25.7 Å². The van der Waals surface area contributed by atoms with Crippen molar-refractivity contribution in [3.05, 3.63) is 34.8 Å². The zero-order valence-corrected chi connectivity index (χ0v) is 19.9. The molecule has 2 saturated carbocycles. The Kier molecular flexibility index (Phi) is 8.29. The molecule has 0 saturated heterocycles. The minimum absolute atomic E-state index is 0. The smallest absolute Gasteiger partial charge is 0.272 e. The number of halogens is 1. The Hall–Kier alpha value is -2.41. The van der Waals surface area contributed by atoms with Crippen LogP contribution in [0.25, 0.3) is 11.3 Å². The third-order valence-corrected chi connectivity index (χ3v) is 6.94. The number of anilines is 1. The molecule has 1 amide bonds. The molecule has 7 nitrogen and oxygen atoms in total. The van der Waals surface area contributed by atoms with Crippen molar-refractivity contribution in [3.8, 4) is 11.3 Å². The lowest BCUT2D eigenvalue weighted by atomic mass is 9.73. The molecule has 2 heterocycles. The van der Waals surface area contributed by atoms with Crippen molar-refractivity contribution in [2.24, 2.45) is 17.6 Å². The van der Waals surface area contributed by atoms with Gasteiger partial charge in [-0.3, -0.25) is 9.89 Å². The predicted molar refractivity (Wildman–Crippen MR) is 129 cm³/mol. The molecule has 0 unspecified atom stereocenters.